The highest BCUT2D eigenvalue weighted by Crippen LogP contribution is 2.25. The van der Waals surface area contributed by atoms with E-state index in [1.165, 1.54) is 0 Å². The highest BCUT2D eigenvalue weighted by atomic mass is 19.2. The summed E-state index contributed by atoms with van der Waals surface area (Å²) < 4.78 is 43.6. The van der Waals surface area contributed by atoms with E-state index in [0.29, 0.717) is 12.5 Å². The third-order valence-corrected chi connectivity index (χ3v) is 2.09. The molecule has 0 amide bonds. The molecule has 0 aromatic heterocycles. The summed E-state index contributed by atoms with van der Waals surface area (Å²) in [4.78, 5) is 11.3. The van der Waals surface area contributed by atoms with E-state index in [1.54, 1.807) is 0 Å². The first-order valence-corrected chi connectivity index (χ1v) is 5.02. The van der Waals surface area contributed by atoms with Crippen molar-refractivity contribution in [3.63, 3.8) is 0 Å². The quantitative estimate of drug-likeness (QED) is 0.506. The molecule has 1 rings (SSSR count). The molecule has 0 aliphatic carbocycles. The van der Waals surface area contributed by atoms with Gasteiger partial charge in [-0.3, -0.25) is 0 Å². The van der Waals surface area contributed by atoms with E-state index < -0.39 is 34.7 Å². The molecular formula is C11H11F3O3. The molecule has 0 fully saturated rings. The van der Waals surface area contributed by atoms with Gasteiger partial charge >= 0.3 is 5.97 Å². The summed E-state index contributed by atoms with van der Waals surface area (Å²) in [5.74, 6) is -7.44. The zero-order valence-electron chi connectivity index (χ0n) is 9.10. The van der Waals surface area contributed by atoms with Crippen LogP contribution in [0.15, 0.2) is 6.07 Å². The van der Waals surface area contributed by atoms with E-state index >= 15 is 0 Å². The van der Waals surface area contributed by atoms with Crippen molar-refractivity contribution in [2.75, 3.05) is 6.61 Å². The molecular weight excluding hydrogens is 237 g/mol. The maximum Gasteiger partial charge on any atom is 0.341 e. The largest absolute Gasteiger partial charge is 0.503 e. The molecule has 0 heterocycles. The maximum atomic E-state index is 13.2. The normalized spacial score (nSPS) is 10.4. The van der Waals surface area contributed by atoms with Gasteiger partial charge in [0, 0.05) is 0 Å². The number of halogens is 3. The zero-order valence-corrected chi connectivity index (χ0v) is 9.10. The molecule has 1 aromatic rings. The second kappa shape index (κ2) is 5.56. The third kappa shape index (κ3) is 2.89. The highest BCUT2D eigenvalue weighted by Gasteiger charge is 2.23. The summed E-state index contributed by atoms with van der Waals surface area (Å²) >= 11 is 0. The number of hydrogen-bond donors (Lipinski definition) is 1. The van der Waals surface area contributed by atoms with E-state index in [-0.39, 0.29) is 6.61 Å². The number of aromatic hydroxyl groups is 1. The van der Waals surface area contributed by atoms with Crippen molar-refractivity contribution in [1.82, 2.24) is 0 Å². The number of ether oxygens (including phenoxy) is 1. The third-order valence-electron chi connectivity index (χ3n) is 2.09. The molecule has 0 spiro atoms. The minimum absolute atomic E-state index is 0.0406. The Morgan fingerprint density at radius 1 is 1.35 bits per heavy atom. The Kier molecular flexibility index (Phi) is 4.37. The fourth-order valence-corrected chi connectivity index (χ4v) is 1.12. The van der Waals surface area contributed by atoms with Gasteiger partial charge in [0.1, 0.15) is 5.56 Å². The van der Waals surface area contributed by atoms with E-state index in [9.17, 15) is 18.0 Å². The van der Waals surface area contributed by atoms with Crippen molar-refractivity contribution in [3.05, 3.63) is 29.1 Å². The van der Waals surface area contributed by atoms with Gasteiger partial charge in [-0.15, -0.1) is 0 Å². The molecule has 0 aliphatic rings. The van der Waals surface area contributed by atoms with Gasteiger partial charge in [-0.25, -0.2) is 13.6 Å². The van der Waals surface area contributed by atoms with Gasteiger partial charge in [0.15, 0.2) is 17.4 Å². The van der Waals surface area contributed by atoms with Crippen molar-refractivity contribution in [3.8, 4) is 5.75 Å². The van der Waals surface area contributed by atoms with Gasteiger partial charge < -0.3 is 9.84 Å². The van der Waals surface area contributed by atoms with Crippen LogP contribution in [0.2, 0.25) is 0 Å². The Hall–Kier alpha value is -1.72. The molecule has 1 aromatic carbocycles. The van der Waals surface area contributed by atoms with Crippen LogP contribution in [0.3, 0.4) is 0 Å². The lowest BCUT2D eigenvalue weighted by Crippen LogP contribution is -2.10. The smallest absolute Gasteiger partial charge is 0.341 e. The predicted octanol–water partition coefficient (Wildman–Crippen LogP) is 2.77. The van der Waals surface area contributed by atoms with Crippen LogP contribution in [0.25, 0.3) is 0 Å². The van der Waals surface area contributed by atoms with Gasteiger partial charge in [-0.2, -0.15) is 4.39 Å². The van der Waals surface area contributed by atoms with Crippen LogP contribution in [-0.2, 0) is 4.74 Å². The van der Waals surface area contributed by atoms with Gasteiger partial charge in [-0.1, -0.05) is 13.3 Å². The average molecular weight is 248 g/mol. The maximum absolute atomic E-state index is 13.2. The summed E-state index contributed by atoms with van der Waals surface area (Å²) in [7, 11) is 0. The van der Waals surface area contributed by atoms with Crippen LogP contribution >= 0.6 is 0 Å². The first kappa shape index (κ1) is 13.3. The van der Waals surface area contributed by atoms with Crippen molar-refractivity contribution in [1.29, 1.82) is 0 Å². The standard InChI is InChI=1S/C11H11F3O3/c1-2-3-4-17-11(16)6-5-7(12)10(15)9(14)8(6)13/h5,15H,2-4H2,1H3. The van der Waals surface area contributed by atoms with E-state index in [0.717, 1.165) is 6.42 Å². The second-order valence-corrected chi connectivity index (χ2v) is 3.37. The first-order valence-electron chi connectivity index (χ1n) is 5.02. The molecule has 3 nitrogen and oxygen atoms in total. The van der Waals surface area contributed by atoms with Crippen LogP contribution in [-0.4, -0.2) is 17.7 Å². The Bertz CT molecular complexity index is 432. The van der Waals surface area contributed by atoms with Crippen molar-refractivity contribution < 1.29 is 27.8 Å². The number of hydrogen-bond acceptors (Lipinski definition) is 3. The lowest BCUT2D eigenvalue weighted by atomic mass is 10.2. The van der Waals surface area contributed by atoms with Gasteiger partial charge in [0.05, 0.1) is 6.61 Å². The Morgan fingerprint density at radius 2 is 2.00 bits per heavy atom. The number of rotatable bonds is 4. The second-order valence-electron chi connectivity index (χ2n) is 3.37. The lowest BCUT2D eigenvalue weighted by molar-refractivity contribution is 0.0492. The molecule has 94 valence electrons. The first-order chi connectivity index (χ1) is 7.99. The Balaban J connectivity index is 2.94. The molecule has 0 unspecified atom stereocenters. The van der Waals surface area contributed by atoms with Crippen LogP contribution in [0.1, 0.15) is 30.1 Å². The number of esters is 1. The van der Waals surface area contributed by atoms with Crippen molar-refractivity contribution >= 4 is 5.97 Å². The number of carbonyl (C=O) groups is 1. The van der Waals surface area contributed by atoms with Crippen LogP contribution < -0.4 is 0 Å². The van der Waals surface area contributed by atoms with Gasteiger partial charge in [0.25, 0.3) is 0 Å². The number of benzene rings is 1. The minimum Gasteiger partial charge on any atom is -0.503 e. The summed E-state index contributed by atoms with van der Waals surface area (Å²) in [5, 5.41) is 8.77. The van der Waals surface area contributed by atoms with Gasteiger partial charge in [0.2, 0.25) is 5.82 Å². The van der Waals surface area contributed by atoms with E-state index in [1.807, 2.05) is 6.92 Å². The number of unbranched alkanes of at least 4 members (excludes halogenated alkanes) is 1. The van der Waals surface area contributed by atoms with Gasteiger partial charge in [-0.05, 0) is 12.5 Å². The molecule has 6 heteroatoms. The molecule has 1 N–H and O–H groups in total. The van der Waals surface area contributed by atoms with Crippen LogP contribution in [0.4, 0.5) is 13.2 Å². The molecule has 0 atom stereocenters. The summed E-state index contributed by atoms with van der Waals surface area (Å²) in [5.41, 5.74) is -0.867. The molecule has 0 bridgehead atoms. The Morgan fingerprint density at radius 3 is 2.59 bits per heavy atom. The summed E-state index contributed by atoms with van der Waals surface area (Å²) in [6.45, 7) is 1.90. The number of phenols is 1. The SMILES string of the molecule is CCCCOC(=O)c1cc(F)c(O)c(F)c1F. The van der Waals surface area contributed by atoms with Crippen molar-refractivity contribution in [2.24, 2.45) is 0 Å². The lowest BCUT2D eigenvalue weighted by Gasteiger charge is -2.06. The van der Waals surface area contributed by atoms with E-state index in [4.69, 9.17) is 5.11 Å². The monoisotopic (exact) mass is 248 g/mol. The summed E-state index contributed by atoms with van der Waals surface area (Å²) in [6, 6.07) is 0.405. The fraction of sp³-hybridized carbons (Fsp3) is 0.364. The molecule has 17 heavy (non-hydrogen) atoms. The predicted molar refractivity (Wildman–Crippen MR) is 53.2 cm³/mol. The van der Waals surface area contributed by atoms with E-state index in [2.05, 4.69) is 4.74 Å². The highest BCUT2D eigenvalue weighted by molar-refractivity contribution is 5.90. The van der Waals surface area contributed by atoms with Crippen LogP contribution in [0, 0.1) is 17.5 Å². The average Bonchev–Trinajstić information content (AvgIpc) is 2.31. The molecule has 0 aliphatic heterocycles. The minimum atomic E-state index is -1.80. The topological polar surface area (TPSA) is 46.5 Å². The molecule has 0 saturated carbocycles. The number of phenolic OH excluding ortho intramolecular Hbond substituents is 1. The number of carbonyl (C=O) groups excluding carboxylic acids is 1. The molecule has 0 radical (unpaired) electrons. The zero-order chi connectivity index (χ0) is 13.0. The fourth-order valence-electron chi connectivity index (χ4n) is 1.12. The van der Waals surface area contributed by atoms with Crippen molar-refractivity contribution in [2.45, 2.75) is 19.8 Å². The Labute approximate surface area is 95.8 Å². The molecule has 0 saturated heterocycles. The van der Waals surface area contributed by atoms with Crippen LogP contribution in [0.5, 0.6) is 5.75 Å². The summed E-state index contributed by atoms with van der Waals surface area (Å²) in [6.07, 6.45) is 1.32.